The maximum atomic E-state index is 8.14. The first-order chi connectivity index (χ1) is 7.90. The van der Waals surface area contributed by atoms with Crippen molar-refractivity contribution >= 4 is 6.08 Å². The van der Waals surface area contributed by atoms with Crippen molar-refractivity contribution in [1.82, 2.24) is 5.32 Å². The quantitative estimate of drug-likeness (QED) is 0.469. The van der Waals surface area contributed by atoms with Gasteiger partial charge in [0.15, 0.2) is 0 Å². The third-order valence-corrected chi connectivity index (χ3v) is 2.68. The lowest BCUT2D eigenvalue weighted by Gasteiger charge is -2.17. The smallest absolute Gasteiger partial charge is 0.0443 e. The third-order valence-electron chi connectivity index (χ3n) is 2.68. The molecule has 1 aromatic rings. The Hall–Kier alpha value is -1.77. The normalized spacial score (nSPS) is 14.5. The summed E-state index contributed by atoms with van der Waals surface area (Å²) < 4.78 is 0. The topological polar surface area (TPSA) is 60.8 Å². The molecule has 1 aliphatic heterocycles. The van der Waals surface area contributed by atoms with Gasteiger partial charge in [-0.05, 0) is 35.2 Å². The SMILES string of the molecule is [N-]=[N+]=NCC=Cc1ccc2c(c1)CNCC2. The van der Waals surface area contributed by atoms with Crippen LogP contribution in [0.25, 0.3) is 16.5 Å². The highest BCUT2D eigenvalue weighted by Gasteiger charge is 2.07. The Bertz CT molecular complexity index is 444. The third kappa shape index (κ3) is 2.63. The van der Waals surface area contributed by atoms with Crippen LogP contribution in [0.3, 0.4) is 0 Å². The van der Waals surface area contributed by atoms with Crippen LogP contribution in [0.4, 0.5) is 0 Å². The van der Waals surface area contributed by atoms with Crippen LogP contribution in [-0.2, 0) is 13.0 Å². The fourth-order valence-corrected chi connectivity index (χ4v) is 1.88. The molecule has 0 aromatic heterocycles. The molecule has 1 aromatic carbocycles. The lowest BCUT2D eigenvalue weighted by molar-refractivity contribution is 0.643. The summed E-state index contributed by atoms with van der Waals surface area (Å²) in [5.41, 5.74) is 12.1. The minimum Gasteiger partial charge on any atom is -0.312 e. The van der Waals surface area contributed by atoms with Crippen molar-refractivity contribution in [1.29, 1.82) is 0 Å². The molecule has 0 spiro atoms. The van der Waals surface area contributed by atoms with E-state index in [1.807, 2.05) is 12.2 Å². The number of benzene rings is 1. The Balaban J connectivity index is 2.11. The van der Waals surface area contributed by atoms with Gasteiger partial charge in [0.05, 0.1) is 0 Å². The Morgan fingerprint density at radius 2 is 2.38 bits per heavy atom. The van der Waals surface area contributed by atoms with Crippen LogP contribution in [0.15, 0.2) is 29.4 Å². The molecular weight excluding hydrogens is 200 g/mol. The minimum atomic E-state index is 0.409. The molecule has 16 heavy (non-hydrogen) atoms. The summed E-state index contributed by atoms with van der Waals surface area (Å²) in [6.45, 7) is 2.43. The molecule has 0 saturated carbocycles. The van der Waals surface area contributed by atoms with Gasteiger partial charge in [0.2, 0.25) is 0 Å². The fraction of sp³-hybridized carbons (Fsp3) is 0.333. The van der Waals surface area contributed by atoms with E-state index in [2.05, 4.69) is 33.5 Å². The molecule has 82 valence electrons. The molecule has 4 nitrogen and oxygen atoms in total. The molecule has 0 amide bonds. The maximum Gasteiger partial charge on any atom is 0.0443 e. The molecule has 0 fully saturated rings. The predicted molar refractivity (Wildman–Crippen MR) is 64.9 cm³/mol. The first-order valence-electron chi connectivity index (χ1n) is 5.40. The van der Waals surface area contributed by atoms with Crippen molar-refractivity contribution in [2.24, 2.45) is 5.11 Å². The molecule has 0 saturated heterocycles. The van der Waals surface area contributed by atoms with Gasteiger partial charge in [-0.2, -0.15) is 0 Å². The fourth-order valence-electron chi connectivity index (χ4n) is 1.88. The van der Waals surface area contributed by atoms with E-state index in [1.54, 1.807) is 0 Å². The molecule has 0 atom stereocenters. The van der Waals surface area contributed by atoms with E-state index >= 15 is 0 Å². The second-order valence-corrected chi connectivity index (χ2v) is 3.77. The van der Waals surface area contributed by atoms with Crippen LogP contribution in [0.1, 0.15) is 16.7 Å². The zero-order valence-electron chi connectivity index (χ0n) is 9.06. The van der Waals surface area contributed by atoms with Gasteiger partial charge in [0, 0.05) is 18.0 Å². The summed E-state index contributed by atoms with van der Waals surface area (Å²) in [7, 11) is 0. The van der Waals surface area contributed by atoms with E-state index in [4.69, 9.17) is 5.53 Å². The zero-order chi connectivity index (χ0) is 11.2. The molecule has 1 aliphatic rings. The molecule has 2 rings (SSSR count). The van der Waals surface area contributed by atoms with Gasteiger partial charge in [-0.1, -0.05) is 35.5 Å². The lowest BCUT2D eigenvalue weighted by Crippen LogP contribution is -2.23. The highest BCUT2D eigenvalue weighted by molar-refractivity contribution is 5.52. The van der Waals surface area contributed by atoms with Crippen LogP contribution in [-0.4, -0.2) is 13.1 Å². The highest BCUT2D eigenvalue weighted by Crippen LogP contribution is 2.16. The van der Waals surface area contributed by atoms with E-state index in [9.17, 15) is 0 Å². The Morgan fingerprint density at radius 1 is 1.44 bits per heavy atom. The highest BCUT2D eigenvalue weighted by atomic mass is 15.1. The van der Waals surface area contributed by atoms with Crippen molar-refractivity contribution in [3.8, 4) is 0 Å². The summed E-state index contributed by atoms with van der Waals surface area (Å²) in [5.74, 6) is 0. The largest absolute Gasteiger partial charge is 0.312 e. The Morgan fingerprint density at radius 3 is 3.25 bits per heavy atom. The van der Waals surface area contributed by atoms with Gasteiger partial charge >= 0.3 is 0 Å². The van der Waals surface area contributed by atoms with E-state index in [-0.39, 0.29) is 0 Å². The molecule has 1 N–H and O–H groups in total. The number of fused-ring (bicyclic) bond motifs is 1. The first-order valence-corrected chi connectivity index (χ1v) is 5.40. The van der Waals surface area contributed by atoms with Crippen molar-refractivity contribution in [3.05, 3.63) is 51.4 Å². The minimum absolute atomic E-state index is 0.409. The first kappa shape index (κ1) is 10.7. The van der Waals surface area contributed by atoms with E-state index in [0.717, 1.165) is 25.1 Å². The molecule has 4 heteroatoms. The number of hydrogen-bond acceptors (Lipinski definition) is 2. The zero-order valence-corrected chi connectivity index (χ0v) is 9.06. The lowest BCUT2D eigenvalue weighted by atomic mass is 9.98. The molecular formula is C12H14N4. The van der Waals surface area contributed by atoms with Gasteiger partial charge < -0.3 is 5.32 Å². The van der Waals surface area contributed by atoms with Gasteiger partial charge in [-0.25, -0.2) is 0 Å². The number of azide groups is 1. The molecule has 0 aliphatic carbocycles. The average Bonchev–Trinajstić information content (AvgIpc) is 2.34. The summed E-state index contributed by atoms with van der Waals surface area (Å²) >= 11 is 0. The molecule has 0 bridgehead atoms. The van der Waals surface area contributed by atoms with Crippen LogP contribution in [0.2, 0.25) is 0 Å². The second-order valence-electron chi connectivity index (χ2n) is 3.77. The van der Waals surface area contributed by atoms with Gasteiger partial charge in [0.1, 0.15) is 0 Å². The van der Waals surface area contributed by atoms with E-state index in [1.165, 1.54) is 11.1 Å². The number of nitrogens with one attached hydrogen (secondary N) is 1. The van der Waals surface area contributed by atoms with Crippen molar-refractivity contribution in [3.63, 3.8) is 0 Å². The Labute approximate surface area is 94.6 Å². The van der Waals surface area contributed by atoms with E-state index < -0.39 is 0 Å². The van der Waals surface area contributed by atoms with E-state index in [0.29, 0.717) is 6.54 Å². The predicted octanol–water partition coefficient (Wildman–Crippen LogP) is 2.66. The second kappa shape index (κ2) is 5.35. The van der Waals surface area contributed by atoms with Gasteiger partial charge in [0.25, 0.3) is 0 Å². The number of rotatable bonds is 3. The molecule has 0 unspecified atom stereocenters. The van der Waals surface area contributed by atoms with Crippen molar-refractivity contribution in [2.45, 2.75) is 13.0 Å². The van der Waals surface area contributed by atoms with Crippen molar-refractivity contribution in [2.75, 3.05) is 13.1 Å². The van der Waals surface area contributed by atoms with Crippen LogP contribution in [0.5, 0.6) is 0 Å². The summed E-state index contributed by atoms with van der Waals surface area (Å²) in [6.07, 6.45) is 4.97. The Kier molecular flexibility index (Phi) is 3.59. The monoisotopic (exact) mass is 214 g/mol. The molecule has 0 radical (unpaired) electrons. The standard InChI is InChI=1S/C12H14N4/c13-16-15-6-1-2-10-3-4-11-5-7-14-9-12(11)8-10/h1-4,8,14H,5-7,9H2. The maximum absolute atomic E-state index is 8.14. The number of nitrogens with zero attached hydrogens (tertiary/aromatic N) is 3. The van der Waals surface area contributed by atoms with Gasteiger partial charge in [-0.15, -0.1) is 0 Å². The van der Waals surface area contributed by atoms with Gasteiger partial charge in [-0.3, -0.25) is 0 Å². The molecule has 1 heterocycles. The average molecular weight is 214 g/mol. The number of hydrogen-bond donors (Lipinski definition) is 1. The van der Waals surface area contributed by atoms with Crippen LogP contribution in [0, 0.1) is 0 Å². The summed E-state index contributed by atoms with van der Waals surface area (Å²) in [4.78, 5) is 2.70. The van der Waals surface area contributed by atoms with Crippen molar-refractivity contribution < 1.29 is 0 Å². The summed E-state index contributed by atoms with van der Waals surface area (Å²) in [5, 5.41) is 6.81. The van der Waals surface area contributed by atoms with Crippen LogP contribution < -0.4 is 5.32 Å². The van der Waals surface area contributed by atoms with Crippen LogP contribution >= 0.6 is 0 Å². The summed E-state index contributed by atoms with van der Waals surface area (Å²) in [6, 6.07) is 6.48.